The van der Waals surface area contributed by atoms with Crippen LogP contribution in [0, 0.1) is 5.41 Å². The molecule has 1 aliphatic heterocycles. The van der Waals surface area contributed by atoms with E-state index in [2.05, 4.69) is 26.1 Å². The van der Waals surface area contributed by atoms with E-state index in [9.17, 15) is 9.59 Å². The zero-order valence-corrected chi connectivity index (χ0v) is 14.6. The van der Waals surface area contributed by atoms with Crippen LogP contribution in [-0.4, -0.2) is 59.0 Å². The summed E-state index contributed by atoms with van der Waals surface area (Å²) in [5.74, 6) is 0.131. The van der Waals surface area contributed by atoms with E-state index in [-0.39, 0.29) is 17.4 Å². The molecule has 1 N–H and O–H groups in total. The summed E-state index contributed by atoms with van der Waals surface area (Å²) in [6, 6.07) is 1.93. The molecule has 1 fully saturated rings. The lowest BCUT2D eigenvalue weighted by Crippen LogP contribution is -2.54. The fraction of sp³-hybridized carbons (Fsp3) is 0.647. The Balaban J connectivity index is 1.77. The quantitative estimate of drug-likeness (QED) is 0.917. The summed E-state index contributed by atoms with van der Waals surface area (Å²) < 4.78 is 1.94. The predicted octanol–water partition coefficient (Wildman–Crippen LogP) is 1.47. The van der Waals surface area contributed by atoms with Gasteiger partial charge in [0.25, 0.3) is 0 Å². The van der Waals surface area contributed by atoms with Gasteiger partial charge in [-0.1, -0.05) is 20.8 Å². The van der Waals surface area contributed by atoms with Crippen molar-refractivity contribution in [2.45, 2.75) is 27.2 Å². The van der Waals surface area contributed by atoms with E-state index >= 15 is 0 Å². The maximum absolute atomic E-state index is 12.3. The molecule has 23 heavy (non-hydrogen) atoms. The van der Waals surface area contributed by atoms with E-state index < -0.39 is 0 Å². The lowest BCUT2D eigenvalue weighted by molar-refractivity contribution is -0.131. The van der Waals surface area contributed by atoms with E-state index in [0.717, 1.165) is 5.56 Å². The molecule has 3 amide bonds. The normalized spacial score (nSPS) is 15.7. The molecule has 0 bridgehead atoms. The van der Waals surface area contributed by atoms with Gasteiger partial charge in [0.05, 0.1) is 6.42 Å². The Morgan fingerprint density at radius 1 is 1.13 bits per heavy atom. The Hall–Kier alpha value is -1.98. The Morgan fingerprint density at radius 3 is 2.26 bits per heavy atom. The molecule has 6 heteroatoms. The number of nitrogens with one attached hydrogen (secondary N) is 1. The molecule has 1 aliphatic rings. The molecule has 0 spiro atoms. The third-order valence-electron chi connectivity index (χ3n) is 3.94. The average Bonchev–Trinajstić information content (AvgIpc) is 2.89. The second-order valence-electron chi connectivity index (χ2n) is 7.45. The number of piperazine rings is 1. The van der Waals surface area contributed by atoms with E-state index in [1.54, 1.807) is 4.90 Å². The maximum atomic E-state index is 12.3. The zero-order chi connectivity index (χ0) is 17.0. The molecule has 0 aliphatic carbocycles. The van der Waals surface area contributed by atoms with Crippen molar-refractivity contribution in [2.75, 3.05) is 32.7 Å². The molecule has 0 saturated carbocycles. The highest BCUT2D eigenvalue weighted by Gasteiger charge is 2.24. The van der Waals surface area contributed by atoms with Crippen molar-refractivity contribution >= 4 is 11.9 Å². The van der Waals surface area contributed by atoms with Crippen LogP contribution in [0.2, 0.25) is 0 Å². The molecule has 6 nitrogen and oxygen atoms in total. The highest BCUT2D eigenvalue weighted by Crippen LogP contribution is 2.11. The Bertz CT molecular complexity index is 551. The van der Waals surface area contributed by atoms with Crippen molar-refractivity contribution in [3.05, 3.63) is 24.0 Å². The first-order valence-corrected chi connectivity index (χ1v) is 8.16. The Labute approximate surface area is 138 Å². The fourth-order valence-electron chi connectivity index (χ4n) is 2.56. The van der Waals surface area contributed by atoms with Crippen molar-refractivity contribution < 1.29 is 9.59 Å². The second kappa shape index (κ2) is 7.06. The van der Waals surface area contributed by atoms with Crippen molar-refractivity contribution in [3.8, 4) is 0 Å². The van der Waals surface area contributed by atoms with Gasteiger partial charge in [0.1, 0.15) is 0 Å². The summed E-state index contributed by atoms with van der Waals surface area (Å²) in [6.07, 6.45) is 4.34. The van der Waals surface area contributed by atoms with Gasteiger partial charge in [-0.15, -0.1) is 0 Å². The van der Waals surface area contributed by atoms with Crippen LogP contribution in [0.25, 0.3) is 0 Å². The first-order chi connectivity index (χ1) is 10.7. The van der Waals surface area contributed by atoms with Gasteiger partial charge in [0.2, 0.25) is 5.91 Å². The number of rotatable bonds is 3. The van der Waals surface area contributed by atoms with Gasteiger partial charge >= 0.3 is 6.03 Å². The van der Waals surface area contributed by atoms with Crippen LogP contribution >= 0.6 is 0 Å². The molecule has 128 valence electrons. The largest absolute Gasteiger partial charge is 0.357 e. The van der Waals surface area contributed by atoms with Gasteiger partial charge in [0.15, 0.2) is 0 Å². The lowest BCUT2D eigenvalue weighted by atomic mass is 9.97. The molecule has 0 atom stereocenters. The van der Waals surface area contributed by atoms with Crippen LogP contribution in [0.3, 0.4) is 0 Å². The maximum Gasteiger partial charge on any atom is 0.317 e. The minimum absolute atomic E-state index is 0.0323. The molecule has 0 radical (unpaired) electrons. The van der Waals surface area contributed by atoms with Crippen molar-refractivity contribution in [1.29, 1.82) is 0 Å². The van der Waals surface area contributed by atoms with Gasteiger partial charge in [-0.3, -0.25) is 4.79 Å². The SMILES string of the molecule is Cn1ccc(CC(=O)N2CCN(C(=O)NCC(C)(C)C)CC2)c1. The summed E-state index contributed by atoms with van der Waals surface area (Å²) in [7, 11) is 1.95. The first-order valence-electron chi connectivity index (χ1n) is 8.16. The fourth-order valence-corrected chi connectivity index (χ4v) is 2.56. The number of carbonyl (C=O) groups excluding carboxylic acids is 2. The van der Waals surface area contributed by atoms with Gasteiger partial charge < -0.3 is 19.7 Å². The average molecular weight is 320 g/mol. The van der Waals surface area contributed by atoms with Gasteiger partial charge in [-0.25, -0.2) is 4.79 Å². The molecule has 0 unspecified atom stereocenters. The standard InChI is InChI=1S/C17H28N4O2/c1-17(2,3)13-18-16(23)21-9-7-20(8-10-21)15(22)11-14-5-6-19(4)12-14/h5-6,12H,7-11,13H2,1-4H3,(H,18,23). The summed E-state index contributed by atoms with van der Waals surface area (Å²) in [5.41, 5.74) is 1.10. The molecule has 2 rings (SSSR count). The van der Waals surface area contributed by atoms with Gasteiger partial charge in [-0.2, -0.15) is 0 Å². The van der Waals surface area contributed by atoms with E-state index in [0.29, 0.717) is 39.1 Å². The molecule has 1 aromatic rings. The van der Waals surface area contributed by atoms with Crippen LogP contribution in [0.4, 0.5) is 4.79 Å². The lowest BCUT2D eigenvalue weighted by Gasteiger charge is -2.35. The molecular formula is C17H28N4O2. The van der Waals surface area contributed by atoms with E-state index in [1.807, 2.05) is 35.0 Å². The van der Waals surface area contributed by atoms with Crippen molar-refractivity contribution in [1.82, 2.24) is 19.7 Å². The number of aryl methyl sites for hydroxylation is 1. The summed E-state index contributed by atoms with van der Waals surface area (Å²) in [5, 5.41) is 2.96. The number of aromatic nitrogens is 1. The Morgan fingerprint density at radius 2 is 1.74 bits per heavy atom. The van der Waals surface area contributed by atoms with Crippen LogP contribution < -0.4 is 5.32 Å². The summed E-state index contributed by atoms with van der Waals surface area (Å²) >= 11 is 0. The Kier molecular flexibility index (Phi) is 5.34. The van der Waals surface area contributed by atoms with Crippen LogP contribution in [-0.2, 0) is 18.3 Å². The predicted molar refractivity (Wildman–Crippen MR) is 90.1 cm³/mol. The van der Waals surface area contributed by atoms with Crippen LogP contribution in [0.1, 0.15) is 26.3 Å². The monoisotopic (exact) mass is 320 g/mol. The minimum atomic E-state index is -0.0323. The number of hydrogen-bond acceptors (Lipinski definition) is 2. The molecule has 2 heterocycles. The summed E-state index contributed by atoms with van der Waals surface area (Å²) in [4.78, 5) is 28.1. The number of amides is 3. The van der Waals surface area contributed by atoms with Crippen molar-refractivity contribution in [2.24, 2.45) is 12.5 Å². The number of urea groups is 1. The van der Waals surface area contributed by atoms with Gasteiger partial charge in [-0.05, 0) is 17.0 Å². The molecule has 1 saturated heterocycles. The van der Waals surface area contributed by atoms with Gasteiger partial charge in [0, 0.05) is 52.2 Å². The number of nitrogens with zero attached hydrogens (tertiary/aromatic N) is 3. The third-order valence-corrected chi connectivity index (χ3v) is 3.94. The minimum Gasteiger partial charge on any atom is -0.357 e. The molecule has 0 aromatic carbocycles. The number of hydrogen-bond donors (Lipinski definition) is 1. The highest BCUT2D eigenvalue weighted by atomic mass is 16.2. The first kappa shape index (κ1) is 17.4. The highest BCUT2D eigenvalue weighted by molar-refractivity contribution is 5.79. The molecule has 1 aromatic heterocycles. The van der Waals surface area contributed by atoms with E-state index in [1.165, 1.54) is 0 Å². The van der Waals surface area contributed by atoms with Crippen LogP contribution in [0.5, 0.6) is 0 Å². The second-order valence-corrected chi connectivity index (χ2v) is 7.45. The summed E-state index contributed by atoms with van der Waals surface area (Å²) in [6.45, 7) is 9.32. The smallest absolute Gasteiger partial charge is 0.317 e. The zero-order valence-electron chi connectivity index (χ0n) is 14.6. The number of carbonyl (C=O) groups is 2. The van der Waals surface area contributed by atoms with E-state index in [4.69, 9.17) is 0 Å². The van der Waals surface area contributed by atoms with Crippen molar-refractivity contribution in [3.63, 3.8) is 0 Å². The van der Waals surface area contributed by atoms with Crippen LogP contribution in [0.15, 0.2) is 18.5 Å². The molecular weight excluding hydrogens is 292 g/mol. The third kappa shape index (κ3) is 5.30. The topological polar surface area (TPSA) is 57.6 Å².